The lowest BCUT2D eigenvalue weighted by Crippen LogP contribution is -2.14. The van der Waals surface area contributed by atoms with E-state index in [2.05, 4.69) is 18.4 Å². The average molecular weight is 403 g/mol. The molecule has 0 aliphatic carbocycles. The third kappa shape index (κ3) is 4.70. The van der Waals surface area contributed by atoms with E-state index < -0.39 is 6.48 Å². The van der Waals surface area contributed by atoms with Gasteiger partial charge in [-0.1, -0.05) is 48.8 Å². The average Bonchev–Trinajstić information content (AvgIpc) is 3.12. The molecule has 0 radical (unpaired) electrons. The van der Waals surface area contributed by atoms with Crippen LogP contribution in [0.5, 0.6) is 0 Å². The summed E-state index contributed by atoms with van der Waals surface area (Å²) in [5.74, 6) is 1.13. The van der Waals surface area contributed by atoms with Crippen LogP contribution in [-0.2, 0) is 27.9 Å². The third-order valence-corrected chi connectivity index (χ3v) is 5.14. The molecule has 25 heavy (non-hydrogen) atoms. The molecule has 1 aliphatic rings. The fraction of sp³-hybridized carbons (Fsp3) is 0.471. The number of halogens is 2. The molecular weight excluding hydrogens is 383 g/mol. The highest BCUT2D eigenvalue weighted by atomic mass is 35.5. The Kier molecular flexibility index (Phi) is 6.30. The van der Waals surface area contributed by atoms with Crippen LogP contribution in [0, 0.1) is 0 Å². The number of hydrogen-bond acceptors (Lipinski definition) is 5. The van der Waals surface area contributed by atoms with Crippen LogP contribution in [0.3, 0.4) is 0 Å². The van der Waals surface area contributed by atoms with Gasteiger partial charge in [0.2, 0.25) is 0 Å². The number of imidazole rings is 1. The fourth-order valence-electron chi connectivity index (χ4n) is 2.65. The van der Waals surface area contributed by atoms with Crippen LogP contribution in [-0.4, -0.2) is 29.2 Å². The Morgan fingerprint density at radius 3 is 2.48 bits per heavy atom. The SMILES string of the molecule is CC(C)c1c(Sc2cc(Cl)cc(Cl)c2)nc(COC2OCCO2)n1C. The molecule has 0 saturated carbocycles. The minimum atomic E-state index is -0.609. The smallest absolute Gasteiger partial charge is 0.272 e. The number of benzene rings is 1. The van der Waals surface area contributed by atoms with Gasteiger partial charge in [0.05, 0.1) is 18.9 Å². The maximum Gasteiger partial charge on any atom is 0.272 e. The van der Waals surface area contributed by atoms with Crippen molar-refractivity contribution in [3.05, 3.63) is 39.8 Å². The van der Waals surface area contributed by atoms with Crippen molar-refractivity contribution in [1.82, 2.24) is 9.55 Å². The van der Waals surface area contributed by atoms with Gasteiger partial charge in [-0.2, -0.15) is 0 Å². The summed E-state index contributed by atoms with van der Waals surface area (Å²) in [6, 6.07) is 5.48. The normalized spacial score (nSPS) is 15.4. The molecule has 5 nitrogen and oxygen atoms in total. The quantitative estimate of drug-likeness (QED) is 0.690. The molecule has 0 bridgehead atoms. The molecule has 2 heterocycles. The van der Waals surface area contributed by atoms with E-state index in [1.54, 1.807) is 17.8 Å². The van der Waals surface area contributed by atoms with Gasteiger partial charge in [0.15, 0.2) is 0 Å². The minimum absolute atomic E-state index is 0.308. The Hall–Kier alpha value is -0.760. The first-order chi connectivity index (χ1) is 11.9. The second kappa shape index (κ2) is 8.29. The second-order valence-electron chi connectivity index (χ2n) is 5.98. The summed E-state index contributed by atoms with van der Waals surface area (Å²) < 4.78 is 18.3. The van der Waals surface area contributed by atoms with Gasteiger partial charge < -0.3 is 18.8 Å². The third-order valence-electron chi connectivity index (χ3n) is 3.74. The van der Waals surface area contributed by atoms with Crippen molar-refractivity contribution >= 4 is 35.0 Å². The Labute approximate surface area is 161 Å². The van der Waals surface area contributed by atoms with E-state index in [4.69, 9.17) is 42.4 Å². The number of rotatable bonds is 6. The number of nitrogens with zero attached hydrogens (tertiary/aromatic N) is 2. The van der Waals surface area contributed by atoms with Crippen molar-refractivity contribution in [1.29, 1.82) is 0 Å². The predicted octanol–water partition coefficient (Wildman–Crippen LogP) is 4.85. The Morgan fingerprint density at radius 1 is 1.24 bits per heavy atom. The molecule has 0 atom stereocenters. The van der Waals surface area contributed by atoms with Crippen LogP contribution < -0.4 is 0 Å². The number of hydrogen-bond donors (Lipinski definition) is 0. The summed E-state index contributed by atoms with van der Waals surface area (Å²) in [7, 11) is 1.99. The highest BCUT2D eigenvalue weighted by Gasteiger charge is 2.21. The molecule has 0 N–H and O–H groups in total. The monoisotopic (exact) mass is 402 g/mol. The van der Waals surface area contributed by atoms with Crippen molar-refractivity contribution < 1.29 is 14.2 Å². The standard InChI is InChI=1S/C17H20Cl2N2O3S/c1-10(2)15-16(25-13-7-11(18)6-12(19)8-13)20-14(21(15)3)9-24-17-22-4-5-23-17/h6-8,10,17H,4-5,9H2,1-3H3. The topological polar surface area (TPSA) is 45.5 Å². The molecule has 0 unspecified atom stereocenters. The molecule has 1 saturated heterocycles. The van der Waals surface area contributed by atoms with Crippen LogP contribution in [0.2, 0.25) is 10.0 Å². The highest BCUT2D eigenvalue weighted by Crippen LogP contribution is 2.36. The lowest BCUT2D eigenvalue weighted by atomic mass is 10.1. The van der Waals surface area contributed by atoms with E-state index in [0.29, 0.717) is 35.8 Å². The number of ether oxygens (including phenoxy) is 3. The molecule has 1 aliphatic heterocycles. The predicted molar refractivity (Wildman–Crippen MR) is 98.4 cm³/mol. The zero-order valence-electron chi connectivity index (χ0n) is 14.3. The molecule has 1 aromatic heterocycles. The molecule has 8 heteroatoms. The lowest BCUT2D eigenvalue weighted by molar-refractivity contribution is -0.237. The van der Waals surface area contributed by atoms with Crippen LogP contribution in [0.1, 0.15) is 31.3 Å². The molecule has 2 aromatic rings. The van der Waals surface area contributed by atoms with Gasteiger partial charge in [-0.25, -0.2) is 4.98 Å². The summed E-state index contributed by atoms with van der Waals surface area (Å²) >= 11 is 13.8. The molecule has 136 valence electrons. The van der Waals surface area contributed by atoms with Gasteiger partial charge in [-0.05, 0) is 24.1 Å². The lowest BCUT2D eigenvalue weighted by Gasteiger charge is -2.12. The van der Waals surface area contributed by atoms with Crippen LogP contribution >= 0.6 is 35.0 Å². The zero-order valence-corrected chi connectivity index (χ0v) is 16.6. The van der Waals surface area contributed by atoms with E-state index in [1.807, 2.05) is 19.2 Å². The maximum absolute atomic E-state index is 6.11. The first-order valence-electron chi connectivity index (χ1n) is 7.98. The largest absolute Gasteiger partial charge is 0.332 e. The first-order valence-corrected chi connectivity index (χ1v) is 9.55. The van der Waals surface area contributed by atoms with Crippen molar-refractivity contribution in [2.45, 2.75) is 42.8 Å². The molecule has 3 rings (SSSR count). The van der Waals surface area contributed by atoms with E-state index in [9.17, 15) is 0 Å². The Bertz CT molecular complexity index is 725. The molecule has 0 amide bonds. The summed E-state index contributed by atoms with van der Waals surface area (Å²) in [5, 5.41) is 2.13. The number of aromatic nitrogens is 2. The van der Waals surface area contributed by atoms with Crippen molar-refractivity contribution in [3.63, 3.8) is 0 Å². The van der Waals surface area contributed by atoms with E-state index in [-0.39, 0.29) is 0 Å². The van der Waals surface area contributed by atoms with Crippen molar-refractivity contribution in [2.24, 2.45) is 7.05 Å². The maximum atomic E-state index is 6.11. The summed E-state index contributed by atoms with van der Waals surface area (Å²) in [5.41, 5.74) is 1.13. The summed E-state index contributed by atoms with van der Waals surface area (Å²) in [6.45, 7) is 5.09. The van der Waals surface area contributed by atoms with Crippen LogP contribution in [0.15, 0.2) is 28.1 Å². The van der Waals surface area contributed by atoms with E-state index in [1.165, 1.54) is 0 Å². The van der Waals surface area contributed by atoms with E-state index >= 15 is 0 Å². The Morgan fingerprint density at radius 2 is 1.88 bits per heavy atom. The minimum Gasteiger partial charge on any atom is -0.332 e. The molecule has 1 fully saturated rings. The van der Waals surface area contributed by atoms with Gasteiger partial charge in [0.1, 0.15) is 17.5 Å². The summed E-state index contributed by atoms with van der Waals surface area (Å²) in [4.78, 5) is 5.70. The van der Waals surface area contributed by atoms with E-state index in [0.717, 1.165) is 21.4 Å². The zero-order chi connectivity index (χ0) is 18.0. The second-order valence-corrected chi connectivity index (χ2v) is 7.92. The van der Waals surface area contributed by atoms with Crippen LogP contribution in [0.25, 0.3) is 0 Å². The van der Waals surface area contributed by atoms with Crippen molar-refractivity contribution in [2.75, 3.05) is 13.2 Å². The highest BCUT2D eigenvalue weighted by molar-refractivity contribution is 7.99. The van der Waals surface area contributed by atoms with Crippen molar-refractivity contribution in [3.8, 4) is 0 Å². The van der Waals surface area contributed by atoms with Gasteiger partial charge in [-0.3, -0.25) is 0 Å². The summed E-state index contributed by atoms with van der Waals surface area (Å²) in [6.07, 6.45) is 0. The molecular formula is C17H20Cl2N2O3S. The Balaban J connectivity index is 1.82. The van der Waals surface area contributed by atoms with Crippen LogP contribution in [0.4, 0.5) is 0 Å². The van der Waals surface area contributed by atoms with Gasteiger partial charge in [0, 0.05) is 22.0 Å². The molecule has 0 spiro atoms. The first kappa shape index (κ1) is 19.0. The van der Waals surface area contributed by atoms with Gasteiger partial charge in [-0.15, -0.1) is 0 Å². The van der Waals surface area contributed by atoms with Gasteiger partial charge in [0.25, 0.3) is 6.48 Å². The fourth-order valence-corrected chi connectivity index (χ4v) is 4.52. The van der Waals surface area contributed by atoms with Gasteiger partial charge >= 0.3 is 0 Å². The molecule has 1 aromatic carbocycles.